The highest BCUT2D eigenvalue weighted by Gasteiger charge is 2.16. The average molecular weight is 346 g/mol. The van der Waals surface area contributed by atoms with Crippen molar-refractivity contribution in [1.82, 2.24) is 19.7 Å². The molecule has 0 bridgehead atoms. The smallest absolute Gasteiger partial charge is 0.142 e. The van der Waals surface area contributed by atoms with Crippen LogP contribution >= 0.6 is 11.6 Å². The average Bonchev–Trinajstić information content (AvgIpc) is 2.84. The van der Waals surface area contributed by atoms with Gasteiger partial charge in [-0.05, 0) is 45.0 Å². The quantitative estimate of drug-likeness (QED) is 0.802. The summed E-state index contributed by atoms with van der Waals surface area (Å²) in [7, 11) is 2.14. The molecule has 2 aromatic rings. The number of aryl methyl sites for hydroxylation is 3. The van der Waals surface area contributed by atoms with Crippen molar-refractivity contribution in [3.8, 4) is 5.69 Å². The van der Waals surface area contributed by atoms with Crippen LogP contribution < -0.4 is 0 Å². The van der Waals surface area contributed by atoms with Crippen LogP contribution in [0, 0.1) is 20.8 Å². The third-order valence-electron chi connectivity index (χ3n) is 4.47. The fourth-order valence-corrected chi connectivity index (χ4v) is 3.13. The van der Waals surface area contributed by atoms with Gasteiger partial charge in [-0.2, -0.15) is 10.2 Å². The molecular formula is C18H24ClN5. The summed E-state index contributed by atoms with van der Waals surface area (Å²) in [6.07, 6.45) is 1.84. The van der Waals surface area contributed by atoms with E-state index in [0.717, 1.165) is 48.7 Å². The minimum Gasteiger partial charge on any atom is -0.303 e. The SMILES string of the molecule is Cc1ccc(C)c(-n2nc(C)c(C=NN3CCN(C)CC3)c2Cl)c1. The van der Waals surface area contributed by atoms with Crippen LogP contribution in [0.2, 0.25) is 5.15 Å². The van der Waals surface area contributed by atoms with Crippen molar-refractivity contribution in [2.75, 3.05) is 33.2 Å². The maximum absolute atomic E-state index is 6.61. The lowest BCUT2D eigenvalue weighted by Crippen LogP contribution is -2.41. The monoisotopic (exact) mass is 345 g/mol. The van der Waals surface area contributed by atoms with E-state index in [0.29, 0.717) is 5.15 Å². The lowest BCUT2D eigenvalue weighted by molar-refractivity contribution is 0.159. The number of likely N-dealkylation sites (N-methyl/N-ethyl adjacent to an activating group) is 1. The molecule has 1 aromatic carbocycles. The van der Waals surface area contributed by atoms with Crippen molar-refractivity contribution in [3.63, 3.8) is 0 Å². The van der Waals surface area contributed by atoms with E-state index in [1.54, 1.807) is 0 Å². The summed E-state index contributed by atoms with van der Waals surface area (Å²) in [5.41, 5.74) is 5.12. The minimum absolute atomic E-state index is 0.610. The van der Waals surface area contributed by atoms with Gasteiger partial charge in [-0.15, -0.1) is 0 Å². The van der Waals surface area contributed by atoms with Crippen LogP contribution in [0.3, 0.4) is 0 Å². The molecule has 3 rings (SSSR count). The van der Waals surface area contributed by atoms with Crippen LogP contribution in [-0.4, -0.2) is 59.1 Å². The van der Waals surface area contributed by atoms with Crippen molar-refractivity contribution in [3.05, 3.63) is 45.7 Å². The first-order chi connectivity index (χ1) is 11.5. The number of hydrazone groups is 1. The Morgan fingerprint density at radius 1 is 1.12 bits per heavy atom. The highest BCUT2D eigenvalue weighted by Crippen LogP contribution is 2.25. The molecule has 0 unspecified atom stereocenters. The molecule has 0 saturated carbocycles. The molecule has 1 aliphatic heterocycles. The van der Waals surface area contributed by atoms with Gasteiger partial charge in [0.05, 0.1) is 23.2 Å². The molecule has 24 heavy (non-hydrogen) atoms. The predicted octanol–water partition coefficient (Wildman–Crippen LogP) is 3.03. The van der Waals surface area contributed by atoms with E-state index in [1.807, 2.05) is 17.8 Å². The number of hydrogen-bond acceptors (Lipinski definition) is 4. The molecule has 1 aromatic heterocycles. The summed E-state index contributed by atoms with van der Waals surface area (Å²) in [6, 6.07) is 6.30. The number of nitrogens with zero attached hydrogens (tertiary/aromatic N) is 5. The van der Waals surface area contributed by atoms with E-state index in [9.17, 15) is 0 Å². The van der Waals surface area contributed by atoms with Gasteiger partial charge in [0.1, 0.15) is 5.15 Å². The van der Waals surface area contributed by atoms with Gasteiger partial charge in [0.2, 0.25) is 0 Å². The van der Waals surface area contributed by atoms with E-state index in [4.69, 9.17) is 11.6 Å². The normalized spacial score (nSPS) is 16.3. The fourth-order valence-electron chi connectivity index (χ4n) is 2.82. The van der Waals surface area contributed by atoms with Gasteiger partial charge in [0.25, 0.3) is 0 Å². The van der Waals surface area contributed by atoms with E-state index in [-0.39, 0.29) is 0 Å². The Bertz CT molecular complexity index is 757. The lowest BCUT2D eigenvalue weighted by atomic mass is 10.1. The largest absolute Gasteiger partial charge is 0.303 e. The van der Waals surface area contributed by atoms with Gasteiger partial charge in [0.15, 0.2) is 0 Å². The number of hydrogen-bond donors (Lipinski definition) is 0. The second kappa shape index (κ2) is 6.95. The molecular weight excluding hydrogens is 322 g/mol. The van der Waals surface area contributed by atoms with E-state index in [1.165, 1.54) is 5.56 Å². The molecule has 0 N–H and O–H groups in total. The Morgan fingerprint density at radius 3 is 2.54 bits per heavy atom. The molecule has 0 radical (unpaired) electrons. The summed E-state index contributed by atoms with van der Waals surface area (Å²) in [4.78, 5) is 2.31. The third kappa shape index (κ3) is 3.47. The zero-order valence-electron chi connectivity index (χ0n) is 14.8. The molecule has 6 heteroatoms. The van der Waals surface area contributed by atoms with Gasteiger partial charge in [-0.1, -0.05) is 23.7 Å². The van der Waals surface area contributed by atoms with Crippen LogP contribution in [-0.2, 0) is 0 Å². The second-order valence-electron chi connectivity index (χ2n) is 6.49. The fraction of sp³-hybridized carbons (Fsp3) is 0.444. The maximum atomic E-state index is 6.61. The van der Waals surface area contributed by atoms with Crippen LogP contribution in [0.5, 0.6) is 0 Å². The van der Waals surface area contributed by atoms with Crippen molar-refractivity contribution < 1.29 is 0 Å². The Labute approximate surface area is 148 Å². The molecule has 2 heterocycles. The first kappa shape index (κ1) is 17.0. The van der Waals surface area contributed by atoms with Gasteiger partial charge in [0, 0.05) is 26.2 Å². The third-order valence-corrected chi connectivity index (χ3v) is 4.83. The van der Waals surface area contributed by atoms with Crippen molar-refractivity contribution in [2.24, 2.45) is 5.10 Å². The number of rotatable bonds is 3. The molecule has 128 valence electrons. The highest BCUT2D eigenvalue weighted by molar-refractivity contribution is 6.32. The Morgan fingerprint density at radius 2 is 1.83 bits per heavy atom. The summed E-state index contributed by atoms with van der Waals surface area (Å²) in [6.45, 7) is 10.1. The number of piperazine rings is 1. The summed E-state index contributed by atoms with van der Waals surface area (Å²) < 4.78 is 1.81. The molecule has 1 aliphatic rings. The topological polar surface area (TPSA) is 36.7 Å². The molecule has 0 spiro atoms. The van der Waals surface area contributed by atoms with Crippen LogP contribution in [0.4, 0.5) is 0 Å². The zero-order chi connectivity index (χ0) is 17.3. The standard InChI is InChI=1S/C18H24ClN5/c1-13-5-6-14(2)17(11-13)24-18(19)16(15(3)21-24)12-20-23-9-7-22(4)8-10-23/h5-6,11-12H,7-10H2,1-4H3. The van der Waals surface area contributed by atoms with Crippen LogP contribution in [0.25, 0.3) is 5.69 Å². The molecule has 1 saturated heterocycles. The van der Waals surface area contributed by atoms with Crippen molar-refractivity contribution in [1.29, 1.82) is 0 Å². The number of halogens is 1. The molecule has 0 atom stereocenters. The summed E-state index contributed by atoms with van der Waals surface area (Å²) >= 11 is 6.61. The van der Waals surface area contributed by atoms with Crippen LogP contribution in [0.15, 0.2) is 23.3 Å². The zero-order valence-corrected chi connectivity index (χ0v) is 15.5. The van der Waals surface area contributed by atoms with Gasteiger partial charge in [-0.3, -0.25) is 5.01 Å². The summed E-state index contributed by atoms with van der Waals surface area (Å²) in [5.74, 6) is 0. The Balaban J connectivity index is 1.88. The predicted molar refractivity (Wildman–Crippen MR) is 99.4 cm³/mol. The summed E-state index contributed by atoms with van der Waals surface area (Å²) in [5, 5.41) is 11.9. The van der Waals surface area contributed by atoms with Gasteiger partial charge < -0.3 is 4.90 Å². The van der Waals surface area contributed by atoms with Gasteiger partial charge >= 0.3 is 0 Å². The number of benzene rings is 1. The van der Waals surface area contributed by atoms with Crippen molar-refractivity contribution >= 4 is 17.8 Å². The molecule has 1 fully saturated rings. The van der Waals surface area contributed by atoms with E-state index >= 15 is 0 Å². The van der Waals surface area contributed by atoms with Crippen molar-refractivity contribution in [2.45, 2.75) is 20.8 Å². The maximum Gasteiger partial charge on any atom is 0.142 e. The van der Waals surface area contributed by atoms with E-state index < -0.39 is 0 Å². The Hall–Kier alpha value is -1.85. The first-order valence-electron chi connectivity index (χ1n) is 8.26. The highest BCUT2D eigenvalue weighted by atomic mass is 35.5. The van der Waals surface area contributed by atoms with E-state index in [2.05, 4.69) is 59.2 Å². The first-order valence-corrected chi connectivity index (χ1v) is 8.63. The number of aromatic nitrogens is 2. The lowest BCUT2D eigenvalue weighted by Gasteiger charge is -2.30. The molecule has 5 nitrogen and oxygen atoms in total. The minimum atomic E-state index is 0.610. The Kier molecular flexibility index (Phi) is 4.92. The van der Waals surface area contributed by atoms with Crippen LogP contribution in [0.1, 0.15) is 22.4 Å². The molecule has 0 aliphatic carbocycles. The molecule has 0 amide bonds. The van der Waals surface area contributed by atoms with Gasteiger partial charge in [-0.25, -0.2) is 4.68 Å². The second-order valence-corrected chi connectivity index (χ2v) is 6.85.